The van der Waals surface area contributed by atoms with Gasteiger partial charge in [0.2, 0.25) is 5.88 Å². The van der Waals surface area contributed by atoms with Crippen molar-refractivity contribution in [1.29, 1.82) is 0 Å². The van der Waals surface area contributed by atoms with Gasteiger partial charge in [-0.3, -0.25) is 9.82 Å². The summed E-state index contributed by atoms with van der Waals surface area (Å²) in [5.74, 6) is 0.308. The minimum atomic E-state index is -3.71. The van der Waals surface area contributed by atoms with E-state index in [4.69, 9.17) is 4.74 Å². The fourth-order valence-electron chi connectivity index (χ4n) is 1.72. The number of aromatic nitrogens is 3. The number of H-pyrrole nitrogens is 1. The number of aromatic amines is 1. The van der Waals surface area contributed by atoms with Crippen molar-refractivity contribution in [3.8, 4) is 11.6 Å². The molecule has 0 aliphatic carbocycles. The number of nitrogens with one attached hydrogen (secondary N) is 2. The van der Waals surface area contributed by atoms with Gasteiger partial charge in [0.15, 0.2) is 0 Å². The van der Waals surface area contributed by atoms with E-state index >= 15 is 0 Å². The predicted molar refractivity (Wildman–Crippen MR) is 80.1 cm³/mol. The summed E-state index contributed by atoms with van der Waals surface area (Å²) >= 11 is 0. The van der Waals surface area contributed by atoms with Crippen molar-refractivity contribution in [2.24, 2.45) is 0 Å². The van der Waals surface area contributed by atoms with E-state index in [9.17, 15) is 12.8 Å². The average molecular weight is 334 g/mol. The van der Waals surface area contributed by atoms with E-state index in [0.717, 1.165) is 0 Å². The minimum absolute atomic E-state index is 0.0177. The molecule has 0 radical (unpaired) electrons. The highest BCUT2D eigenvalue weighted by Crippen LogP contribution is 2.21. The third-order valence-corrected chi connectivity index (χ3v) is 4.16. The second-order valence-electron chi connectivity index (χ2n) is 4.48. The molecule has 118 valence electrons. The van der Waals surface area contributed by atoms with Crippen LogP contribution in [0.4, 0.5) is 10.1 Å². The molecule has 0 amide bonds. The summed E-state index contributed by atoms with van der Waals surface area (Å²) in [6.45, 7) is 0. The Morgan fingerprint density at radius 2 is 1.87 bits per heavy atom. The number of hydrogen-bond donors (Lipinski definition) is 2. The van der Waals surface area contributed by atoms with Crippen LogP contribution < -0.4 is 9.46 Å². The molecule has 0 spiro atoms. The number of anilines is 1. The lowest BCUT2D eigenvalue weighted by molar-refractivity contribution is 0.461. The zero-order valence-electron chi connectivity index (χ0n) is 11.6. The maximum absolute atomic E-state index is 12.8. The zero-order chi connectivity index (χ0) is 16.3. The summed E-state index contributed by atoms with van der Waals surface area (Å²) in [7, 11) is -3.71. The Balaban J connectivity index is 1.71. The number of rotatable bonds is 5. The van der Waals surface area contributed by atoms with Crippen molar-refractivity contribution in [2.45, 2.75) is 4.90 Å². The Morgan fingerprint density at radius 3 is 2.48 bits per heavy atom. The van der Waals surface area contributed by atoms with Crippen LogP contribution >= 0.6 is 0 Å². The van der Waals surface area contributed by atoms with Gasteiger partial charge in [0, 0.05) is 12.3 Å². The number of benzene rings is 1. The summed E-state index contributed by atoms with van der Waals surface area (Å²) in [6, 6.07) is 8.46. The van der Waals surface area contributed by atoms with Crippen LogP contribution in [0.25, 0.3) is 0 Å². The molecule has 0 unspecified atom stereocenters. The van der Waals surface area contributed by atoms with E-state index in [1.165, 1.54) is 55.0 Å². The quantitative estimate of drug-likeness (QED) is 0.747. The van der Waals surface area contributed by atoms with Crippen LogP contribution in [-0.4, -0.2) is 23.6 Å². The standard InChI is InChI=1S/C14H11FN4O3S/c15-10-1-4-12(5-2-10)22-14-6-3-11(7-16-14)19-23(20,21)13-8-17-18-9-13/h1-9,19H,(H,17,18). The summed E-state index contributed by atoms with van der Waals surface area (Å²) < 4.78 is 44.6. The normalized spacial score (nSPS) is 11.2. The molecule has 0 aliphatic rings. The summed E-state index contributed by atoms with van der Waals surface area (Å²) in [6.07, 6.45) is 3.78. The molecule has 0 atom stereocenters. The van der Waals surface area contributed by atoms with Gasteiger partial charge in [-0.05, 0) is 30.3 Å². The van der Waals surface area contributed by atoms with E-state index < -0.39 is 10.0 Å². The summed E-state index contributed by atoms with van der Waals surface area (Å²) in [5, 5.41) is 6.02. The van der Waals surface area contributed by atoms with E-state index in [1.54, 1.807) is 0 Å². The van der Waals surface area contributed by atoms with Gasteiger partial charge in [0.25, 0.3) is 10.0 Å². The first-order valence-electron chi connectivity index (χ1n) is 6.44. The third kappa shape index (κ3) is 3.64. The highest BCUT2D eigenvalue weighted by molar-refractivity contribution is 7.92. The maximum Gasteiger partial charge on any atom is 0.265 e. The highest BCUT2D eigenvalue weighted by atomic mass is 32.2. The molecule has 23 heavy (non-hydrogen) atoms. The Bertz CT molecular complexity index is 879. The van der Waals surface area contributed by atoms with Gasteiger partial charge >= 0.3 is 0 Å². The van der Waals surface area contributed by atoms with Crippen LogP contribution in [-0.2, 0) is 10.0 Å². The van der Waals surface area contributed by atoms with Gasteiger partial charge in [-0.25, -0.2) is 17.8 Å². The van der Waals surface area contributed by atoms with Gasteiger partial charge < -0.3 is 4.74 Å². The van der Waals surface area contributed by atoms with Gasteiger partial charge in [-0.15, -0.1) is 0 Å². The monoisotopic (exact) mass is 334 g/mol. The van der Waals surface area contributed by atoms with Crippen LogP contribution in [0.1, 0.15) is 0 Å². The highest BCUT2D eigenvalue weighted by Gasteiger charge is 2.15. The number of nitrogens with zero attached hydrogens (tertiary/aromatic N) is 2. The smallest absolute Gasteiger partial charge is 0.265 e. The molecule has 0 saturated heterocycles. The second kappa shape index (κ2) is 6.05. The van der Waals surface area contributed by atoms with Crippen molar-refractivity contribution in [1.82, 2.24) is 15.2 Å². The molecule has 9 heteroatoms. The topological polar surface area (TPSA) is 97.0 Å². The molecule has 0 fully saturated rings. The van der Waals surface area contributed by atoms with E-state index in [0.29, 0.717) is 5.75 Å². The van der Waals surface area contributed by atoms with Crippen LogP contribution in [0.2, 0.25) is 0 Å². The molecule has 3 rings (SSSR count). The van der Waals surface area contributed by atoms with Gasteiger partial charge in [-0.2, -0.15) is 5.10 Å². The van der Waals surface area contributed by atoms with Crippen LogP contribution in [0.5, 0.6) is 11.6 Å². The van der Waals surface area contributed by atoms with Gasteiger partial charge in [0.1, 0.15) is 16.5 Å². The molecule has 7 nitrogen and oxygen atoms in total. The largest absolute Gasteiger partial charge is 0.439 e. The lowest BCUT2D eigenvalue weighted by atomic mass is 10.3. The van der Waals surface area contributed by atoms with Crippen LogP contribution in [0, 0.1) is 5.82 Å². The van der Waals surface area contributed by atoms with Gasteiger partial charge in [0.05, 0.1) is 18.1 Å². The fourth-order valence-corrected chi connectivity index (χ4v) is 2.67. The molecule has 0 bridgehead atoms. The molecule has 1 aromatic carbocycles. The van der Waals surface area contributed by atoms with Crippen LogP contribution in [0.3, 0.4) is 0 Å². The number of pyridine rings is 1. The Kier molecular flexibility index (Phi) is 3.94. The second-order valence-corrected chi connectivity index (χ2v) is 6.16. The average Bonchev–Trinajstić information content (AvgIpc) is 3.07. The van der Waals surface area contributed by atoms with E-state index in [2.05, 4.69) is 19.9 Å². The third-order valence-electron chi connectivity index (χ3n) is 2.81. The Labute approximate surface area is 131 Å². The molecule has 2 heterocycles. The van der Waals surface area contributed by atoms with Crippen molar-refractivity contribution in [3.05, 3.63) is 60.8 Å². The van der Waals surface area contributed by atoms with Crippen molar-refractivity contribution in [3.63, 3.8) is 0 Å². The molecule has 2 aromatic heterocycles. The molecular formula is C14H11FN4O3S. The van der Waals surface area contributed by atoms with Crippen molar-refractivity contribution in [2.75, 3.05) is 4.72 Å². The first-order chi connectivity index (χ1) is 11.0. The number of ether oxygens (including phenoxy) is 1. The fraction of sp³-hybridized carbons (Fsp3) is 0. The maximum atomic E-state index is 12.8. The number of halogens is 1. The lowest BCUT2D eigenvalue weighted by Gasteiger charge is -2.07. The van der Waals surface area contributed by atoms with Crippen LogP contribution in [0.15, 0.2) is 59.9 Å². The van der Waals surface area contributed by atoms with Gasteiger partial charge in [-0.1, -0.05) is 0 Å². The Hall–Kier alpha value is -2.94. The molecule has 0 saturated carbocycles. The predicted octanol–water partition coefficient (Wildman–Crippen LogP) is 2.54. The van der Waals surface area contributed by atoms with Crippen molar-refractivity contribution < 1.29 is 17.5 Å². The number of sulfonamides is 1. The number of hydrogen-bond acceptors (Lipinski definition) is 5. The summed E-state index contributed by atoms with van der Waals surface area (Å²) in [5.41, 5.74) is 0.276. The van der Waals surface area contributed by atoms with Crippen molar-refractivity contribution >= 4 is 15.7 Å². The zero-order valence-corrected chi connectivity index (χ0v) is 12.4. The minimum Gasteiger partial charge on any atom is -0.439 e. The molecule has 2 N–H and O–H groups in total. The van der Waals surface area contributed by atoms with E-state index in [-0.39, 0.29) is 22.3 Å². The first-order valence-corrected chi connectivity index (χ1v) is 7.92. The SMILES string of the molecule is O=S(=O)(Nc1ccc(Oc2ccc(F)cc2)nc1)c1cn[nH]c1. The molecule has 0 aliphatic heterocycles. The molecule has 3 aromatic rings. The Morgan fingerprint density at radius 1 is 1.09 bits per heavy atom. The lowest BCUT2D eigenvalue weighted by Crippen LogP contribution is -2.12. The molecular weight excluding hydrogens is 323 g/mol. The van der Waals surface area contributed by atoms with E-state index in [1.807, 2.05) is 0 Å². The summed E-state index contributed by atoms with van der Waals surface area (Å²) in [4.78, 5) is 4.01. The first kappa shape index (κ1) is 15.0.